The van der Waals surface area contributed by atoms with Crippen LogP contribution in [0.2, 0.25) is 0 Å². The number of hydrogen-bond donors (Lipinski definition) is 1. The molecule has 0 atom stereocenters. The van der Waals surface area contributed by atoms with E-state index in [1.165, 1.54) is 9.36 Å². The number of rotatable bonds is 8. The first-order valence-electron chi connectivity index (χ1n) is 14.4. The van der Waals surface area contributed by atoms with Crippen molar-refractivity contribution in [3.05, 3.63) is 139 Å². The van der Waals surface area contributed by atoms with Crippen LogP contribution >= 0.6 is 0 Å². The Kier molecular flexibility index (Phi) is 11.5. The van der Waals surface area contributed by atoms with E-state index in [2.05, 4.69) is 30.7 Å². The molecule has 0 unspecified atom stereocenters. The van der Waals surface area contributed by atoms with Crippen LogP contribution in [-0.2, 0) is 16.8 Å². The van der Waals surface area contributed by atoms with Crippen LogP contribution in [0.4, 0.5) is 34.1 Å². The summed E-state index contributed by atoms with van der Waals surface area (Å²) in [4.78, 5) is 32.7. The molecule has 0 aliphatic carbocycles. The zero-order chi connectivity index (χ0) is 35.9. The summed E-state index contributed by atoms with van der Waals surface area (Å²) in [6.07, 6.45) is 0. The molecule has 0 aliphatic heterocycles. The van der Waals surface area contributed by atoms with Gasteiger partial charge in [-0.15, -0.1) is 10.2 Å². The number of hydrogen-bond acceptors (Lipinski definition) is 13. The fraction of sp³-hybridized carbons (Fsp3) is 0.0625. The van der Waals surface area contributed by atoms with Gasteiger partial charge >= 0.3 is 16.8 Å². The second-order valence-electron chi connectivity index (χ2n) is 10.3. The summed E-state index contributed by atoms with van der Waals surface area (Å²) in [5.74, 6) is -1.55. The third-order valence-corrected chi connectivity index (χ3v) is 6.87. The van der Waals surface area contributed by atoms with Gasteiger partial charge in [0.2, 0.25) is 0 Å². The summed E-state index contributed by atoms with van der Waals surface area (Å²) in [6.45, 7) is 3.22. The van der Waals surface area contributed by atoms with Gasteiger partial charge in [0.25, 0.3) is 16.9 Å². The third kappa shape index (κ3) is 8.36. The molecule has 51 heavy (non-hydrogen) atoms. The summed E-state index contributed by atoms with van der Waals surface area (Å²) in [5.41, 5.74) is 0.532. The Bertz CT molecular complexity index is 2320. The molecular formula is C32H23CoN10O8. The molecular weight excluding hydrogens is 711 g/mol. The predicted molar refractivity (Wildman–Crippen MR) is 172 cm³/mol. The number of azo groups is 2. The quantitative estimate of drug-likeness (QED) is 0.117. The molecule has 0 amide bonds. The van der Waals surface area contributed by atoms with E-state index < -0.39 is 32.8 Å². The summed E-state index contributed by atoms with van der Waals surface area (Å²) in [7, 11) is 0. The maximum absolute atomic E-state index is 12.5. The molecule has 0 saturated heterocycles. The van der Waals surface area contributed by atoms with Crippen LogP contribution in [0.25, 0.3) is 11.4 Å². The smallest absolute Gasteiger partial charge is 0.871 e. The van der Waals surface area contributed by atoms with Crippen molar-refractivity contribution in [1.29, 1.82) is 0 Å². The topological polar surface area (TPSA) is 261 Å². The number of non-ortho nitro benzene ring substituents is 2. The molecule has 0 bridgehead atoms. The number of H-pyrrole nitrogens is 1. The summed E-state index contributed by atoms with van der Waals surface area (Å²) < 4.78 is 2.48. The normalized spacial score (nSPS) is 10.9. The maximum atomic E-state index is 12.5. The molecule has 0 aliphatic rings. The van der Waals surface area contributed by atoms with Gasteiger partial charge in [0.05, 0.1) is 44.0 Å². The molecule has 6 aromatic rings. The Morgan fingerprint density at radius 3 is 1.63 bits per heavy atom. The van der Waals surface area contributed by atoms with Crippen molar-refractivity contribution in [3.8, 4) is 28.8 Å². The average molecular weight is 735 g/mol. The molecule has 258 valence electrons. The van der Waals surface area contributed by atoms with Gasteiger partial charge in [-0.05, 0) is 38.1 Å². The zero-order valence-electron chi connectivity index (χ0n) is 26.4. The van der Waals surface area contributed by atoms with Crippen molar-refractivity contribution in [2.45, 2.75) is 13.8 Å². The number of aromatic amines is 1. The van der Waals surface area contributed by atoms with Crippen LogP contribution in [0.15, 0.2) is 122 Å². The van der Waals surface area contributed by atoms with Gasteiger partial charge in [0, 0.05) is 30.1 Å². The number of nitrogens with zero attached hydrogens (tertiary/aromatic N) is 9. The SMILES string of the molecule is Cc1[nH]n(-c2ccccc2)c(=O)c1N=Nc1cc([N+](=O)[O-])ccc1[O-].Cc1nn(-c2ccccc2)c([O-])c1N=Nc1cc([N+](=O)[O-])ccc1[O-].[Co+3]. The molecule has 2 heterocycles. The summed E-state index contributed by atoms with van der Waals surface area (Å²) >= 11 is 0. The van der Waals surface area contributed by atoms with Crippen LogP contribution in [0.5, 0.6) is 17.4 Å². The molecule has 6 rings (SSSR count). The predicted octanol–water partition coefficient (Wildman–Crippen LogP) is 5.52. The van der Waals surface area contributed by atoms with E-state index in [0.29, 0.717) is 22.8 Å². The summed E-state index contributed by atoms with van der Waals surface area (Å²) in [6, 6.07) is 23.9. The second kappa shape index (κ2) is 15.9. The van der Waals surface area contributed by atoms with E-state index in [1.807, 2.05) is 12.1 Å². The van der Waals surface area contributed by atoms with Crippen LogP contribution in [0.3, 0.4) is 0 Å². The van der Waals surface area contributed by atoms with Crippen molar-refractivity contribution in [3.63, 3.8) is 0 Å². The average Bonchev–Trinajstić information content (AvgIpc) is 3.56. The number of aryl methyl sites for hydroxylation is 2. The van der Waals surface area contributed by atoms with Crippen LogP contribution in [0, 0.1) is 34.1 Å². The third-order valence-electron chi connectivity index (χ3n) is 6.87. The Hall–Kier alpha value is -6.99. The number of benzene rings is 4. The molecule has 18 nitrogen and oxygen atoms in total. The second-order valence-corrected chi connectivity index (χ2v) is 10.3. The Morgan fingerprint density at radius 1 is 0.667 bits per heavy atom. The van der Waals surface area contributed by atoms with E-state index in [4.69, 9.17) is 0 Å². The van der Waals surface area contributed by atoms with Gasteiger partial charge in [-0.3, -0.25) is 30.1 Å². The fourth-order valence-corrected chi connectivity index (χ4v) is 4.37. The first-order valence-corrected chi connectivity index (χ1v) is 14.4. The van der Waals surface area contributed by atoms with Gasteiger partial charge in [-0.25, -0.2) is 9.36 Å². The van der Waals surface area contributed by atoms with Gasteiger partial charge in [-0.2, -0.15) is 15.3 Å². The van der Waals surface area contributed by atoms with E-state index in [9.17, 15) is 40.3 Å². The zero-order valence-corrected chi connectivity index (χ0v) is 27.4. The largest absolute Gasteiger partial charge is 3.00 e. The minimum Gasteiger partial charge on any atom is -0.871 e. The first kappa shape index (κ1) is 36.8. The van der Waals surface area contributed by atoms with Crippen LogP contribution in [0.1, 0.15) is 11.4 Å². The van der Waals surface area contributed by atoms with E-state index in [1.54, 1.807) is 62.4 Å². The van der Waals surface area contributed by atoms with E-state index >= 15 is 0 Å². The molecule has 0 fully saturated rings. The molecule has 0 radical (unpaired) electrons. The molecule has 2 aromatic heterocycles. The number of nitro groups is 2. The number of nitro benzene ring substituents is 2. The van der Waals surface area contributed by atoms with Gasteiger partial charge in [0.1, 0.15) is 5.69 Å². The molecule has 4 aromatic carbocycles. The van der Waals surface area contributed by atoms with Gasteiger partial charge in [0.15, 0.2) is 5.69 Å². The number of nitrogens with one attached hydrogen (secondary N) is 1. The van der Waals surface area contributed by atoms with Gasteiger partial charge in [-0.1, -0.05) is 60.0 Å². The van der Waals surface area contributed by atoms with Crippen molar-refractivity contribution in [1.82, 2.24) is 19.6 Å². The molecule has 0 spiro atoms. The van der Waals surface area contributed by atoms with E-state index in [0.717, 1.165) is 36.4 Å². The monoisotopic (exact) mass is 734 g/mol. The first-order chi connectivity index (χ1) is 23.9. The Labute approximate surface area is 297 Å². The molecule has 0 saturated carbocycles. The minimum absolute atomic E-state index is 0. The number of para-hydroxylation sites is 2. The Morgan fingerprint density at radius 2 is 1.14 bits per heavy atom. The Balaban J connectivity index is 0.000000224. The standard InChI is InChI=1S/2C16H13N5O4.Co/c2*1-10-15(16(23)20(19-10)11-5-3-2-4-6-11)18-17-13-9-12(21(24)25)7-8-14(13)22;/h2-9,22-23H,1H3;2-9,19,22H,1H3;/q;;+3/p-3. The maximum Gasteiger partial charge on any atom is 3.00 e. The molecule has 19 heteroatoms. The van der Waals surface area contributed by atoms with Crippen LogP contribution in [-0.4, -0.2) is 29.4 Å². The fourth-order valence-electron chi connectivity index (χ4n) is 4.37. The van der Waals surface area contributed by atoms with Crippen molar-refractivity contribution >= 4 is 34.1 Å². The van der Waals surface area contributed by atoms with Crippen molar-refractivity contribution < 1.29 is 41.9 Å². The van der Waals surface area contributed by atoms with Crippen molar-refractivity contribution in [2.24, 2.45) is 20.5 Å². The minimum atomic E-state index is -0.643. The molecule has 1 N–H and O–H groups in total. The summed E-state index contributed by atoms with van der Waals surface area (Å²) in [5, 5.41) is 79.5. The van der Waals surface area contributed by atoms with E-state index in [-0.39, 0.29) is 50.9 Å². The van der Waals surface area contributed by atoms with Gasteiger partial charge < -0.3 is 15.3 Å². The van der Waals surface area contributed by atoms with Crippen LogP contribution < -0.4 is 20.9 Å². The van der Waals surface area contributed by atoms with Crippen molar-refractivity contribution in [2.75, 3.05) is 0 Å². The number of aromatic nitrogens is 4.